The molecule has 1 aromatic rings. The average Bonchev–Trinajstić information content (AvgIpc) is 2.40. The van der Waals surface area contributed by atoms with Crippen LogP contribution in [0.4, 0.5) is 4.39 Å². The molecular formula is C14H14FNO3. The Morgan fingerprint density at radius 1 is 1.47 bits per heavy atom. The van der Waals surface area contributed by atoms with Gasteiger partial charge in [0, 0.05) is 7.11 Å². The van der Waals surface area contributed by atoms with Crippen molar-refractivity contribution in [3.8, 4) is 6.07 Å². The lowest BCUT2D eigenvalue weighted by Gasteiger charge is -2.03. The summed E-state index contributed by atoms with van der Waals surface area (Å²) in [5.74, 6) is -1.06. The molecule has 0 saturated heterocycles. The highest BCUT2D eigenvalue weighted by Gasteiger charge is 2.10. The van der Waals surface area contributed by atoms with Gasteiger partial charge in [-0.15, -0.1) is 0 Å². The molecule has 0 aliphatic heterocycles. The molecule has 0 atom stereocenters. The maximum absolute atomic E-state index is 13.1. The molecule has 0 unspecified atom stereocenters. The molecular weight excluding hydrogens is 249 g/mol. The number of nitrogens with zero attached hydrogens (tertiary/aromatic N) is 1. The Morgan fingerprint density at radius 3 is 2.79 bits per heavy atom. The van der Waals surface area contributed by atoms with Crippen molar-refractivity contribution < 1.29 is 18.7 Å². The van der Waals surface area contributed by atoms with Gasteiger partial charge in [0.1, 0.15) is 24.1 Å². The quantitative estimate of drug-likeness (QED) is 0.354. The van der Waals surface area contributed by atoms with Gasteiger partial charge in [0.2, 0.25) is 0 Å². The van der Waals surface area contributed by atoms with Gasteiger partial charge in [0.15, 0.2) is 0 Å². The minimum atomic E-state index is -0.721. The van der Waals surface area contributed by atoms with Crippen molar-refractivity contribution in [1.82, 2.24) is 0 Å². The van der Waals surface area contributed by atoms with E-state index in [0.717, 1.165) is 0 Å². The molecule has 0 aliphatic rings. The number of hydrogen-bond donors (Lipinski definition) is 0. The summed E-state index contributed by atoms with van der Waals surface area (Å²) in [5, 5.41) is 8.91. The number of hydrogen-bond acceptors (Lipinski definition) is 4. The summed E-state index contributed by atoms with van der Waals surface area (Å²) in [4.78, 5) is 11.6. The number of carbonyl (C=O) groups excluding carboxylic acids is 1. The summed E-state index contributed by atoms with van der Waals surface area (Å²) in [6.45, 7) is 1.95. The highest BCUT2D eigenvalue weighted by Crippen LogP contribution is 2.13. The van der Waals surface area contributed by atoms with E-state index in [2.05, 4.69) is 0 Å². The molecule has 100 valence electrons. The Balaban J connectivity index is 2.84. The Morgan fingerprint density at radius 2 is 2.21 bits per heavy atom. The predicted molar refractivity (Wildman–Crippen MR) is 67.6 cm³/mol. The summed E-state index contributed by atoms with van der Waals surface area (Å²) in [5.41, 5.74) is 0.875. The number of esters is 1. The maximum Gasteiger partial charge on any atom is 0.348 e. The third-order valence-corrected chi connectivity index (χ3v) is 2.35. The van der Waals surface area contributed by atoms with E-state index < -0.39 is 5.97 Å². The molecule has 0 fully saturated rings. The number of ether oxygens (including phenoxy) is 2. The van der Waals surface area contributed by atoms with Gasteiger partial charge >= 0.3 is 5.97 Å². The second kappa shape index (κ2) is 7.29. The lowest BCUT2D eigenvalue weighted by Crippen LogP contribution is -2.11. The number of carbonyl (C=O) groups is 1. The number of aryl methyl sites for hydroxylation is 1. The summed E-state index contributed by atoms with van der Waals surface area (Å²) >= 11 is 0. The van der Waals surface area contributed by atoms with Gasteiger partial charge in [-0.3, -0.25) is 0 Å². The molecule has 1 aromatic carbocycles. The van der Waals surface area contributed by atoms with Gasteiger partial charge in [-0.2, -0.15) is 5.26 Å². The van der Waals surface area contributed by atoms with Crippen LogP contribution in [0.5, 0.6) is 0 Å². The molecule has 1 rings (SSSR count). The molecule has 4 nitrogen and oxygen atoms in total. The first-order valence-electron chi connectivity index (χ1n) is 5.62. The first kappa shape index (κ1) is 14.9. The van der Waals surface area contributed by atoms with E-state index >= 15 is 0 Å². The van der Waals surface area contributed by atoms with Gasteiger partial charge in [0.25, 0.3) is 0 Å². The molecule has 0 aliphatic carbocycles. The topological polar surface area (TPSA) is 59.3 Å². The van der Waals surface area contributed by atoms with Crippen LogP contribution in [-0.2, 0) is 14.3 Å². The van der Waals surface area contributed by atoms with Crippen molar-refractivity contribution in [2.24, 2.45) is 0 Å². The van der Waals surface area contributed by atoms with Crippen LogP contribution >= 0.6 is 0 Å². The average molecular weight is 263 g/mol. The number of methoxy groups -OCH3 is 1. The van der Waals surface area contributed by atoms with E-state index in [-0.39, 0.29) is 24.6 Å². The minimum absolute atomic E-state index is 0.0802. The Labute approximate surface area is 111 Å². The fraction of sp³-hybridized carbons (Fsp3) is 0.286. The van der Waals surface area contributed by atoms with Crippen LogP contribution in [0.25, 0.3) is 6.08 Å². The van der Waals surface area contributed by atoms with Crippen molar-refractivity contribution in [3.05, 3.63) is 40.7 Å². The maximum atomic E-state index is 13.1. The summed E-state index contributed by atoms with van der Waals surface area (Å²) in [6.07, 6.45) is 1.36. The minimum Gasteiger partial charge on any atom is -0.459 e. The molecule has 0 aromatic heterocycles. The fourth-order valence-electron chi connectivity index (χ4n) is 1.36. The third-order valence-electron chi connectivity index (χ3n) is 2.35. The molecule has 0 spiro atoms. The zero-order valence-corrected chi connectivity index (χ0v) is 10.8. The van der Waals surface area contributed by atoms with Crippen molar-refractivity contribution in [3.63, 3.8) is 0 Å². The van der Waals surface area contributed by atoms with Gasteiger partial charge in [-0.1, -0.05) is 6.07 Å². The van der Waals surface area contributed by atoms with E-state index in [1.165, 1.54) is 25.3 Å². The van der Waals surface area contributed by atoms with E-state index in [0.29, 0.717) is 11.1 Å². The molecule has 5 heteroatoms. The first-order chi connectivity index (χ1) is 9.08. The highest BCUT2D eigenvalue weighted by atomic mass is 19.1. The predicted octanol–water partition coefficient (Wildman–Crippen LogP) is 2.23. The molecule has 0 N–H and O–H groups in total. The second-order valence-electron chi connectivity index (χ2n) is 3.81. The molecule has 0 amide bonds. The Hall–Kier alpha value is -2.19. The van der Waals surface area contributed by atoms with Crippen LogP contribution in [0.3, 0.4) is 0 Å². The van der Waals surface area contributed by atoms with Crippen LogP contribution in [-0.4, -0.2) is 26.3 Å². The van der Waals surface area contributed by atoms with Gasteiger partial charge < -0.3 is 9.47 Å². The molecule has 0 heterocycles. The van der Waals surface area contributed by atoms with Gasteiger partial charge in [-0.05, 0) is 36.3 Å². The largest absolute Gasteiger partial charge is 0.459 e. The third kappa shape index (κ3) is 4.53. The zero-order chi connectivity index (χ0) is 14.3. The number of nitriles is 1. The SMILES string of the molecule is COCCOC(=O)/C(C#N)=C\c1ccc(F)c(C)c1. The van der Waals surface area contributed by atoms with Gasteiger partial charge in [-0.25, -0.2) is 9.18 Å². The number of halogens is 1. The Kier molecular flexibility index (Phi) is 5.71. The summed E-state index contributed by atoms with van der Waals surface area (Å²) in [7, 11) is 1.48. The van der Waals surface area contributed by atoms with Gasteiger partial charge in [0.05, 0.1) is 6.61 Å². The van der Waals surface area contributed by atoms with Crippen LogP contribution in [0, 0.1) is 24.1 Å². The number of rotatable bonds is 5. The molecule has 0 saturated carbocycles. The van der Waals surface area contributed by atoms with Crippen molar-refractivity contribution >= 4 is 12.0 Å². The van der Waals surface area contributed by atoms with Crippen LogP contribution in [0.1, 0.15) is 11.1 Å². The van der Waals surface area contributed by atoms with Crippen LogP contribution in [0.2, 0.25) is 0 Å². The highest BCUT2D eigenvalue weighted by molar-refractivity contribution is 5.97. The van der Waals surface area contributed by atoms with Crippen LogP contribution in [0.15, 0.2) is 23.8 Å². The van der Waals surface area contributed by atoms with Crippen molar-refractivity contribution in [2.75, 3.05) is 20.3 Å². The molecule has 0 bridgehead atoms. The van der Waals surface area contributed by atoms with E-state index in [1.807, 2.05) is 0 Å². The van der Waals surface area contributed by atoms with E-state index in [9.17, 15) is 9.18 Å². The zero-order valence-electron chi connectivity index (χ0n) is 10.8. The normalized spacial score (nSPS) is 10.9. The lowest BCUT2D eigenvalue weighted by atomic mass is 10.1. The second-order valence-corrected chi connectivity index (χ2v) is 3.81. The Bertz CT molecular complexity index is 532. The summed E-state index contributed by atoms with van der Waals surface area (Å²) < 4.78 is 22.7. The monoisotopic (exact) mass is 263 g/mol. The summed E-state index contributed by atoms with van der Waals surface area (Å²) in [6, 6.07) is 6.09. The smallest absolute Gasteiger partial charge is 0.348 e. The van der Waals surface area contributed by atoms with E-state index in [1.54, 1.807) is 19.1 Å². The molecule has 0 radical (unpaired) electrons. The first-order valence-corrected chi connectivity index (χ1v) is 5.62. The lowest BCUT2D eigenvalue weighted by molar-refractivity contribution is -0.139. The molecule has 19 heavy (non-hydrogen) atoms. The van der Waals surface area contributed by atoms with Crippen LogP contribution < -0.4 is 0 Å². The van der Waals surface area contributed by atoms with E-state index in [4.69, 9.17) is 14.7 Å². The number of benzene rings is 1. The fourth-order valence-corrected chi connectivity index (χ4v) is 1.36. The van der Waals surface area contributed by atoms with Crippen molar-refractivity contribution in [1.29, 1.82) is 5.26 Å². The standard InChI is InChI=1S/C14H14FNO3/c1-10-7-11(3-4-13(10)15)8-12(9-16)14(17)19-6-5-18-2/h3-4,7-8H,5-6H2,1-2H3/b12-8-. The van der Waals surface area contributed by atoms with Crippen molar-refractivity contribution in [2.45, 2.75) is 6.92 Å².